The first-order valence-electron chi connectivity index (χ1n) is 10.9. The van der Waals surface area contributed by atoms with Crippen molar-refractivity contribution in [1.29, 1.82) is 0 Å². The van der Waals surface area contributed by atoms with E-state index in [2.05, 4.69) is 19.8 Å². The highest BCUT2D eigenvalue weighted by atomic mass is 19.4. The average Bonchev–Trinajstić information content (AvgIpc) is 2.81. The number of nitrogens with zero attached hydrogens (tertiary/aromatic N) is 4. The summed E-state index contributed by atoms with van der Waals surface area (Å²) in [5.41, 5.74) is 6.59. The summed E-state index contributed by atoms with van der Waals surface area (Å²) in [6, 6.07) is 0.524. The monoisotopic (exact) mass is 547 g/mol. The molecule has 1 aromatic heterocycles. The Bertz CT molecular complexity index is 867. The summed E-state index contributed by atoms with van der Waals surface area (Å²) in [6.07, 6.45) is -2.57. The van der Waals surface area contributed by atoms with Crippen molar-refractivity contribution in [2.24, 2.45) is 5.92 Å². The molecule has 0 aromatic carbocycles. The lowest BCUT2D eigenvalue weighted by Gasteiger charge is -2.41. The average molecular weight is 547 g/mol. The number of nitrogens with two attached hydrogens (primary N) is 1. The molecule has 0 spiro atoms. The predicted molar refractivity (Wildman–Crippen MR) is 114 cm³/mol. The van der Waals surface area contributed by atoms with E-state index in [0.717, 1.165) is 57.4 Å². The SMILES string of the molecule is Nc1ncc(CN2CCC(N3CCCC(C(=O)O)C3)CC2)cn1.O=C(O)C(F)(F)F.O=C(O)C(F)(F)F. The number of hydrogen-bond donors (Lipinski definition) is 4. The third kappa shape index (κ3) is 12.1. The van der Waals surface area contributed by atoms with Gasteiger partial charge in [0.2, 0.25) is 5.95 Å². The Morgan fingerprint density at radius 3 is 1.76 bits per heavy atom. The fraction of sp³-hybridized carbons (Fsp3) is 0.650. The van der Waals surface area contributed by atoms with E-state index in [1.165, 1.54) is 0 Å². The minimum Gasteiger partial charge on any atom is -0.481 e. The van der Waals surface area contributed by atoms with E-state index in [1.807, 2.05) is 0 Å². The molecule has 37 heavy (non-hydrogen) atoms. The summed E-state index contributed by atoms with van der Waals surface area (Å²) >= 11 is 0. The number of nitrogen functional groups attached to an aromatic ring is 1. The number of likely N-dealkylation sites (tertiary alicyclic amines) is 2. The van der Waals surface area contributed by atoms with Gasteiger partial charge in [-0.3, -0.25) is 14.6 Å². The topological polar surface area (TPSA) is 170 Å². The molecule has 0 bridgehead atoms. The maximum absolute atomic E-state index is 11.2. The zero-order valence-electron chi connectivity index (χ0n) is 19.4. The molecule has 1 atom stereocenters. The van der Waals surface area contributed by atoms with Gasteiger partial charge in [0.15, 0.2) is 0 Å². The van der Waals surface area contributed by atoms with Crippen molar-refractivity contribution in [2.75, 3.05) is 31.9 Å². The highest BCUT2D eigenvalue weighted by Crippen LogP contribution is 2.24. The maximum atomic E-state index is 11.2. The number of hydrogen-bond acceptors (Lipinski definition) is 8. The Labute approximate surface area is 206 Å². The van der Waals surface area contributed by atoms with Crippen LogP contribution in [0.5, 0.6) is 0 Å². The predicted octanol–water partition coefficient (Wildman–Crippen LogP) is 2.09. The lowest BCUT2D eigenvalue weighted by Crippen LogP contribution is -2.49. The number of alkyl halides is 6. The molecule has 1 unspecified atom stereocenters. The van der Waals surface area contributed by atoms with E-state index in [1.54, 1.807) is 12.4 Å². The number of aromatic nitrogens is 2. The van der Waals surface area contributed by atoms with Crippen molar-refractivity contribution in [3.8, 4) is 0 Å². The molecule has 1 aromatic rings. The number of carboxylic acid groups (broad SMARTS) is 3. The van der Waals surface area contributed by atoms with E-state index >= 15 is 0 Å². The van der Waals surface area contributed by atoms with Crippen LogP contribution in [0.25, 0.3) is 0 Å². The largest absolute Gasteiger partial charge is 0.490 e. The Hall–Kier alpha value is -3.21. The van der Waals surface area contributed by atoms with Crippen LogP contribution in [-0.2, 0) is 20.9 Å². The molecule has 2 aliphatic rings. The normalized spacial score (nSPS) is 19.6. The molecule has 2 saturated heterocycles. The first-order valence-corrected chi connectivity index (χ1v) is 10.9. The summed E-state index contributed by atoms with van der Waals surface area (Å²) < 4.78 is 63.5. The third-order valence-corrected chi connectivity index (χ3v) is 5.49. The molecule has 17 heteroatoms. The fourth-order valence-corrected chi connectivity index (χ4v) is 3.69. The van der Waals surface area contributed by atoms with Crippen LogP contribution in [-0.4, -0.2) is 97.6 Å². The van der Waals surface area contributed by atoms with Gasteiger partial charge in [-0.05, 0) is 45.3 Å². The number of halogens is 6. The second kappa shape index (κ2) is 13.9. The fourth-order valence-electron chi connectivity index (χ4n) is 3.69. The molecule has 210 valence electrons. The highest BCUT2D eigenvalue weighted by molar-refractivity contribution is 5.73. The van der Waals surface area contributed by atoms with Gasteiger partial charge in [0.05, 0.1) is 5.92 Å². The van der Waals surface area contributed by atoms with Gasteiger partial charge in [0.25, 0.3) is 0 Å². The third-order valence-electron chi connectivity index (χ3n) is 5.49. The summed E-state index contributed by atoms with van der Waals surface area (Å²) in [7, 11) is 0. The van der Waals surface area contributed by atoms with Gasteiger partial charge in [0, 0.05) is 37.1 Å². The second-order valence-electron chi connectivity index (χ2n) is 8.23. The van der Waals surface area contributed by atoms with Crippen molar-refractivity contribution in [1.82, 2.24) is 19.8 Å². The molecular weight excluding hydrogens is 520 g/mol. The van der Waals surface area contributed by atoms with Gasteiger partial charge in [-0.2, -0.15) is 26.3 Å². The molecule has 11 nitrogen and oxygen atoms in total. The van der Waals surface area contributed by atoms with Gasteiger partial charge in [-0.15, -0.1) is 0 Å². The molecule has 3 heterocycles. The Morgan fingerprint density at radius 1 is 0.892 bits per heavy atom. The van der Waals surface area contributed by atoms with E-state index in [0.29, 0.717) is 18.5 Å². The lowest BCUT2D eigenvalue weighted by atomic mass is 9.94. The van der Waals surface area contributed by atoms with Gasteiger partial charge < -0.3 is 21.1 Å². The van der Waals surface area contributed by atoms with Gasteiger partial charge in [-0.1, -0.05) is 0 Å². The first-order chi connectivity index (χ1) is 17.0. The van der Waals surface area contributed by atoms with Crippen LogP contribution < -0.4 is 5.73 Å². The van der Waals surface area contributed by atoms with Crippen LogP contribution in [0, 0.1) is 5.92 Å². The van der Waals surface area contributed by atoms with Crippen molar-refractivity contribution in [2.45, 2.75) is 50.6 Å². The van der Waals surface area contributed by atoms with E-state index in [-0.39, 0.29) is 5.92 Å². The van der Waals surface area contributed by atoms with Crippen molar-refractivity contribution in [3.05, 3.63) is 18.0 Å². The Morgan fingerprint density at radius 2 is 1.35 bits per heavy atom. The van der Waals surface area contributed by atoms with Crippen LogP contribution in [0.15, 0.2) is 12.4 Å². The van der Waals surface area contributed by atoms with Crippen LogP contribution in [0.1, 0.15) is 31.2 Å². The molecule has 0 saturated carbocycles. The number of anilines is 1. The minimum atomic E-state index is -5.08. The zero-order chi connectivity index (χ0) is 28.4. The number of aliphatic carboxylic acids is 3. The van der Waals surface area contributed by atoms with Crippen molar-refractivity contribution in [3.63, 3.8) is 0 Å². The molecule has 0 aliphatic carbocycles. The molecule has 0 radical (unpaired) electrons. The highest BCUT2D eigenvalue weighted by Gasteiger charge is 2.39. The molecule has 2 aliphatic heterocycles. The van der Waals surface area contributed by atoms with Crippen molar-refractivity contribution < 1.29 is 56.0 Å². The van der Waals surface area contributed by atoms with Gasteiger partial charge >= 0.3 is 30.3 Å². The zero-order valence-corrected chi connectivity index (χ0v) is 19.4. The van der Waals surface area contributed by atoms with E-state index in [4.69, 9.17) is 25.5 Å². The standard InChI is InChI=1S/C16H25N5O2.2C2HF3O2/c17-16-18-8-12(9-19-16)10-20-6-3-14(4-7-20)21-5-1-2-13(11-21)15(22)23;2*3-2(4,5)1(6)7/h8-9,13-14H,1-7,10-11H2,(H,22,23)(H2,17,18,19);2*(H,6,7). The number of carboxylic acids is 3. The van der Waals surface area contributed by atoms with Crippen LogP contribution >= 0.6 is 0 Å². The number of rotatable bonds is 4. The number of carbonyl (C=O) groups is 3. The van der Waals surface area contributed by atoms with Gasteiger partial charge in [0.1, 0.15) is 0 Å². The first kappa shape index (κ1) is 31.8. The van der Waals surface area contributed by atoms with Crippen LogP contribution in [0.3, 0.4) is 0 Å². The second-order valence-corrected chi connectivity index (χ2v) is 8.23. The molecule has 5 N–H and O–H groups in total. The lowest BCUT2D eigenvalue weighted by molar-refractivity contribution is -0.193. The van der Waals surface area contributed by atoms with Crippen LogP contribution in [0.4, 0.5) is 32.3 Å². The summed E-state index contributed by atoms with van der Waals surface area (Å²) in [4.78, 5) is 41.9. The molecule has 0 amide bonds. The van der Waals surface area contributed by atoms with Crippen LogP contribution in [0.2, 0.25) is 0 Å². The van der Waals surface area contributed by atoms with E-state index < -0.39 is 30.3 Å². The smallest absolute Gasteiger partial charge is 0.481 e. The molecular formula is C20H27F6N5O6. The number of piperidine rings is 2. The maximum Gasteiger partial charge on any atom is 0.490 e. The Kier molecular flexibility index (Phi) is 12.0. The van der Waals surface area contributed by atoms with Crippen molar-refractivity contribution >= 4 is 23.9 Å². The molecule has 2 fully saturated rings. The molecule has 3 rings (SSSR count). The summed E-state index contributed by atoms with van der Waals surface area (Å²) in [6.45, 7) is 4.67. The summed E-state index contributed by atoms with van der Waals surface area (Å²) in [5.74, 6) is -6.03. The quantitative estimate of drug-likeness (QED) is 0.407. The summed E-state index contributed by atoms with van der Waals surface area (Å²) in [5, 5.41) is 23.5. The Balaban J connectivity index is 0.000000404. The van der Waals surface area contributed by atoms with E-state index in [9.17, 15) is 36.2 Å². The minimum absolute atomic E-state index is 0.186. The van der Waals surface area contributed by atoms with Gasteiger partial charge in [-0.25, -0.2) is 19.6 Å².